The summed E-state index contributed by atoms with van der Waals surface area (Å²) in [6.45, 7) is 0.801. The Bertz CT molecular complexity index is 187. The minimum Gasteiger partial charge on any atom is -0.356 e. The molecule has 2 nitrogen and oxygen atoms in total. The second-order valence-electron chi connectivity index (χ2n) is 3.92. The molecule has 80 valence electrons. The van der Waals surface area contributed by atoms with Gasteiger partial charge in [0.1, 0.15) is 0 Å². The van der Waals surface area contributed by atoms with Crippen LogP contribution in [0.1, 0.15) is 51.4 Å². The van der Waals surface area contributed by atoms with Crippen molar-refractivity contribution < 1.29 is 4.79 Å². The molecule has 1 aliphatic rings. The summed E-state index contributed by atoms with van der Waals surface area (Å²) < 4.78 is 0. The second kappa shape index (κ2) is 7.60. The third-order valence-corrected chi connectivity index (χ3v) is 2.57. The second-order valence-corrected chi connectivity index (χ2v) is 3.92. The minimum absolute atomic E-state index is 0.220. The molecule has 1 rings (SSSR count). The molecule has 2 heteroatoms. The van der Waals surface area contributed by atoms with E-state index in [0.29, 0.717) is 6.42 Å². The molecule has 0 aromatic rings. The van der Waals surface area contributed by atoms with Crippen LogP contribution in [0.25, 0.3) is 0 Å². The molecule has 1 N–H and O–H groups in total. The summed E-state index contributed by atoms with van der Waals surface area (Å²) in [6, 6.07) is 0. The van der Waals surface area contributed by atoms with Crippen LogP contribution in [-0.2, 0) is 4.79 Å². The number of carbonyl (C=O) groups excluding carboxylic acids is 1. The van der Waals surface area contributed by atoms with Crippen molar-refractivity contribution in [2.24, 2.45) is 0 Å². The van der Waals surface area contributed by atoms with Crippen LogP contribution in [0.15, 0.2) is 12.2 Å². The molecule has 0 aliphatic carbocycles. The molecule has 14 heavy (non-hydrogen) atoms. The fourth-order valence-electron chi connectivity index (χ4n) is 1.70. The maximum Gasteiger partial charge on any atom is 0.220 e. The molecule has 1 heterocycles. The van der Waals surface area contributed by atoms with Crippen molar-refractivity contribution >= 4 is 5.91 Å². The van der Waals surface area contributed by atoms with E-state index < -0.39 is 0 Å². The van der Waals surface area contributed by atoms with Gasteiger partial charge in [-0.15, -0.1) is 0 Å². The summed E-state index contributed by atoms with van der Waals surface area (Å²) in [7, 11) is 0. The van der Waals surface area contributed by atoms with E-state index in [1.807, 2.05) is 0 Å². The van der Waals surface area contributed by atoms with Crippen LogP contribution in [0.3, 0.4) is 0 Å². The molecule has 1 amide bonds. The van der Waals surface area contributed by atoms with E-state index in [-0.39, 0.29) is 5.91 Å². The molecule has 0 saturated carbocycles. The molecule has 0 aromatic heterocycles. The van der Waals surface area contributed by atoms with E-state index in [9.17, 15) is 4.79 Å². The molecule has 0 radical (unpaired) electrons. The molecular weight excluding hydrogens is 174 g/mol. The summed E-state index contributed by atoms with van der Waals surface area (Å²) in [5, 5.41) is 2.93. The van der Waals surface area contributed by atoms with E-state index >= 15 is 0 Å². The SMILES string of the molecule is O=C1CCCCCCC/C=C\CCN1. The van der Waals surface area contributed by atoms with Gasteiger partial charge in [-0.2, -0.15) is 0 Å². The lowest BCUT2D eigenvalue weighted by atomic mass is 10.1. The quantitative estimate of drug-likeness (QED) is 0.592. The number of amides is 1. The average Bonchev–Trinajstić information content (AvgIpc) is 2.20. The number of hydrogen-bond acceptors (Lipinski definition) is 1. The summed E-state index contributed by atoms with van der Waals surface area (Å²) >= 11 is 0. The van der Waals surface area contributed by atoms with Crippen LogP contribution in [0.2, 0.25) is 0 Å². The zero-order chi connectivity index (χ0) is 10.1. The molecule has 0 unspecified atom stereocenters. The van der Waals surface area contributed by atoms with Crippen LogP contribution in [0.5, 0.6) is 0 Å². The van der Waals surface area contributed by atoms with Crippen molar-refractivity contribution in [1.82, 2.24) is 5.32 Å². The molecule has 0 saturated heterocycles. The van der Waals surface area contributed by atoms with E-state index in [1.165, 1.54) is 32.1 Å². The Morgan fingerprint density at radius 2 is 1.64 bits per heavy atom. The van der Waals surface area contributed by atoms with Crippen molar-refractivity contribution in [1.29, 1.82) is 0 Å². The first-order chi connectivity index (χ1) is 6.89. The van der Waals surface area contributed by atoms with Gasteiger partial charge in [-0.05, 0) is 25.7 Å². The van der Waals surface area contributed by atoms with Gasteiger partial charge in [-0.1, -0.05) is 31.4 Å². The molecule has 0 spiro atoms. The third-order valence-electron chi connectivity index (χ3n) is 2.57. The lowest BCUT2D eigenvalue weighted by Gasteiger charge is -2.02. The fraction of sp³-hybridized carbons (Fsp3) is 0.750. The number of allylic oxidation sites excluding steroid dienone is 1. The van der Waals surface area contributed by atoms with Gasteiger partial charge >= 0.3 is 0 Å². The molecule has 0 fully saturated rings. The summed E-state index contributed by atoms with van der Waals surface area (Å²) in [5.74, 6) is 0.220. The highest BCUT2D eigenvalue weighted by Crippen LogP contribution is 2.08. The third kappa shape index (κ3) is 5.79. The van der Waals surface area contributed by atoms with E-state index in [2.05, 4.69) is 17.5 Å². The molecule has 0 bridgehead atoms. The molecular formula is C12H21NO. The smallest absolute Gasteiger partial charge is 0.220 e. The summed E-state index contributed by atoms with van der Waals surface area (Å²) in [6.07, 6.45) is 13.5. The van der Waals surface area contributed by atoms with Crippen molar-refractivity contribution in [3.05, 3.63) is 12.2 Å². The van der Waals surface area contributed by atoms with Crippen molar-refractivity contribution in [3.63, 3.8) is 0 Å². The zero-order valence-electron chi connectivity index (χ0n) is 8.93. The highest BCUT2D eigenvalue weighted by Gasteiger charge is 1.99. The van der Waals surface area contributed by atoms with Crippen LogP contribution >= 0.6 is 0 Å². The Morgan fingerprint density at radius 3 is 2.57 bits per heavy atom. The standard InChI is InChI=1S/C12H21NO/c14-12-10-8-6-4-2-1-3-5-7-9-11-13-12/h5,7H,1-4,6,8-11H2,(H,13,14)/b7-5-. The first-order valence-electron chi connectivity index (χ1n) is 5.81. The first kappa shape index (κ1) is 11.3. The van der Waals surface area contributed by atoms with Gasteiger partial charge < -0.3 is 5.32 Å². The van der Waals surface area contributed by atoms with Crippen molar-refractivity contribution in [3.8, 4) is 0 Å². The van der Waals surface area contributed by atoms with Gasteiger partial charge in [-0.3, -0.25) is 4.79 Å². The highest BCUT2D eigenvalue weighted by molar-refractivity contribution is 5.75. The van der Waals surface area contributed by atoms with E-state index in [4.69, 9.17) is 0 Å². The van der Waals surface area contributed by atoms with Gasteiger partial charge in [0.25, 0.3) is 0 Å². The lowest BCUT2D eigenvalue weighted by Crippen LogP contribution is -2.23. The van der Waals surface area contributed by atoms with Gasteiger partial charge in [-0.25, -0.2) is 0 Å². The Kier molecular flexibility index (Phi) is 6.13. The number of rotatable bonds is 0. The van der Waals surface area contributed by atoms with Gasteiger partial charge in [0, 0.05) is 13.0 Å². The Hall–Kier alpha value is -0.790. The molecule has 0 atom stereocenters. The van der Waals surface area contributed by atoms with E-state index in [1.54, 1.807) is 0 Å². The predicted molar refractivity (Wildman–Crippen MR) is 59.1 cm³/mol. The van der Waals surface area contributed by atoms with Crippen LogP contribution in [0.4, 0.5) is 0 Å². The fourth-order valence-corrected chi connectivity index (χ4v) is 1.70. The Balaban J connectivity index is 2.23. The normalized spacial score (nSPS) is 23.9. The molecule has 0 aromatic carbocycles. The van der Waals surface area contributed by atoms with Gasteiger partial charge in [0.05, 0.1) is 0 Å². The zero-order valence-corrected chi connectivity index (χ0v) is 8.93. The Labute approximate surface area is 86.8 Å². The molecule has 1 aliphatic heterocycles. The van der Waals surface area contributed by atoms with Crippen LogP contribution in [-0.4, -0.2) is 12.5 Å². The maximum absolute atomic E-state index is 11.2. The van der Waals surface area contributed by atoms with E-state index in [0.717, 1.165) is 19.4 Å². The lowest BCUT2D eigenvalue weighted by molar-refractivity contribution is -0.121. The van der Waals surface area contributed by atoms with Crippen molar-refractivity contribution in [2.75, 3.05) is 6.54 Å². The summed E-state index contributed by atoms with van der Waals surface area (Å²) in [4.78, 5) is 11.2. The number of hydrogen-bond donors (Lipinski definition) is 1. The predicted octanol–water partition coefficient (Wildman–Crippen LogP) is 2.79. The monoisotopic (exact) mass is 195 g/mol. The first-order valence-corrected chi connectivity index (χ1v) is 5.81. The van der Waals surface area contributed by atoms with Crippen molar-refractivity contribution in [2.45, 2.75) is 51.4 Å². The number of carbonyl (C=O) groups is 1. The Morgan fingerprint density at radius 1 is 0.929 bits per heavy atom. The van der Waals surface area contributed by atoms with Crippen LogP contribution < -0.4 is 5.32 Å². The van der Waals surface area contributed by atoms with Gasteiger partial charge in [0.2, 0.25) is 5.91 Å². The average molecular weight is 195 g/mol. The number of nitrogens with one attached hydrogen (secondary N) is 1. The highest BCUT2D eigenvalue weighted by atomic mass is 16.1. The maximum atomic E-state index is 11.2. The van der Waals surface area contributed by atoms with Gasteiger partial charge in [0.15, 0.2) is 0 Å². The summed E-state index contributed by atoms with van der Waals surface area (Å²) in [5.41, 5.74) is 0. The largest absolute Gasteiger partial charge is 0.356 e. The minimum atomic E-state index is 0.220. The van der Waals surface area contributed by atoms with Crippen LogP contribution in [0, 0.1) is 0 Å². The topological polar surface area (TPSA) is 29.1 Å².